The van der Waals surface area contributed by atoms with Gasteiger partial charge >= 0.3 is 12.0 Å². The quantitative estimate of drug-likeness (QED) is 0.597. The SMILES string of the molecule is COC(=O)C(CCSC)NC(=O)N1CCc2[nH]cnc2C1c1cc(OC)ccc1OC. The predicted molar refractivity (Wildman–Crippen MR) is 118 cm³/mol. The lowest BCUT2D eigenvalue weighted by atomic mass is 9.95. The lowest BCUT2D eigenvalue weighted by Gasteiger charge is -2.36. The molecule has 0 spiro atoms. The van der Waals surface area contributed by atoms with Crippen LogP contribution in [0.3, 0.4) is 0 Å². The number of thioether (sulfide) groups is 1. The fourth-order valence-corrected chi connectivity index (χ4v) is 4.19. The molecule has 0 bridgehead atoms. The van der Waals surface area contributed by atoms with Crippen LogP contribution in [0.25, 0.3) is 0 Å². The zero-order valence-electron chi connectivity index (χ0n) is 18.1. The highest BCUT2D eigenvalue weighted by atomic mass is 32.2. The zero-order chi connectivity index (χ0) is 22.4. The Labute approximate surface area is 185 Å². The van der Waals surface area contributed by atoms with Gasteiger partial charge in [0.1, 0.15) is 23.6 Å². The molecule has 2 aromatic rings. The van der Waals surface area contributed by atoms with Crippen molar-refractivity contribution in [3.63, 3.8) is 0 Å². The Balaban J connectivity index is 1.97. The van der Waals surface area contributed by atoms with E-state index in [1.54, 1.807) is 49.3 Å². The van der Waals surface area contributed by atoms with Gasteiger partial charge in [0, 0.05) is 24.2 Å². The number of hydrogen-bond acceptors (Lipinski definition) is 7. The van der Waals surface area contributed by atoms with E-state index in [1.165, 1.54) is 7.11 Å². The second-order valence-electron chi connectivity index (χ2n) is 7.03. The number of benzene rings is 1. The van der Waals surface area contributed by atoms with Crippen LogP contribution in [-0.4, -0.2) is 72.8 Å². The highest BCUT2D eigenvalue weighted by molar-refractivity contribution is 7.98. The molecule has 1 aliphatic rings. The lowest BCUT2D eigenvalue weighted by molar-refractivity contribution is -0.142. The number of urea groups is 1. The van der Waals surface area contributed by atoms with E-state index in [4.69, 9.17) is 14.2 Å². The molecule has 2 heterocycles. The summed E-state index contributed by atoms with van der Waals surface area (Å²) in [5.74, 6) is 1.52. The number of aromatic amines is 1. The first-order chi connectivity index (χ1) is 15.0. The first-order valence-corrected chi connectivity index (χ1v) is 11.3. The summed E-state index contributed by atoms with van der Waals surface area (Å²) in [4.78, 5) is 34.9. The maximum atomic E-state index is 13.4. The normalized spacial score (nSPS) is 16.3. The van der Waals surface area contributed by atoms with Crippen LogP contribution in [0.5, 0.6) is 11.5 Å². The summed E-state index contributed by atoms with van der Waals surface area (Å²) < 4.78 is 15.9. The molecule has 0 saturated heterocycles. The van der Waals surface area contributed by atoms with Crippen LogP contribution in [0.1, 0.15) is 29.4 Å². The number of nitrogens with one attached hydrogen (secondary N) is 2. The Hall–Kier alpha value is -2.88. The summed E-state index contributed by atoms with van der Waals surface area (Å²) in [5, 5.41) is 2.85. The van der Waals surface area contributed by atoms with Gasteiger partial charge < -0.3 is 29.4 Å². The summed E-state index contributed by atoms with van der Waals surface area (Å²) in [6.45, 7) is 0.447. The van der Waals surface area contributed by atoms with Crippen LogP contribution in [0.4, 0.5) is 4.79 Å². The first-order valence-electron chi connectivity index (χ1n) is 9.92. The van der Waals surface area contributed by atoms with Crippen LogP contribution >= 0.6 is 11.8 Å². The molecule has 0 radical (unpaired) electrons. The standard InChI is InChI=1S/C21H28N4O5S/c1-28-13-5-6-17(29-2)14(11-13)19-18-15(22-12-23-18)7-9-25(19)21(27)24-16(8-10-31-4)20(26)30-3/h5-6,11-12,16,19H,7-10H2,1-4H3,(H,22,23)(H,24,27). The molecular formula is C21H28N4O5S. The number of H-pyrrole nitrogens is 1. The van der Waals surface area contributed by atoms with Crippen LogP contribution in [0.15, 0.2) is 24.5 Å². The van der Waals surface area contributed by atoms with Crippen LogP contribution in [-0.2, 0) is 16.0 Å². The number of imidazole rings is 1. The van der Waals surface area contributed by atoms with Crippen molar-refractivity contribution in [3.8, 4) is 11.5 Å². The molecule has 3 rings (SSSR count). The van der Waals surface area contributed by atoms with Crippen LogP contribution < -0.4 is 14.8 Å². The van der Waals surface area contributed by atoms with Gasteiger partial charge in [0.05, 0.1) is 33.4 Å². The number of amides is 2. The number of hydrogen-bond donors (Lipinski definition) is 2. The van der Waals surface area contributed by atoms with Crippen molar-refractivity contribution in [2.24, 2.45) is 0 Å². The van der Waals surface area contributed by atoms with Gasteiger partial charge in [-0.3, -0.25) is 0 Å². The number of carbonyl (C=O) groups excluding carboxylic acids is 2. The second kappa shape index (κ2) is 10.4. The Bertz CT molecular complexity index is 919. The summed E-state index contributed by atoms with van der Waals surface area (Å²) in [5.41, 5.74) is 2.46. The van der Waals surface area contributed by atoms with E-state index < -0.39 is 18.1 Å². The molecule has 0 saturated carbocycles. The Morgan fingerprint density at radius 1 is 1.32 bits per heavy atom. The number of aromatic nitrogens is 2. The van der Waals surface area contributed by atoms with Crippen molar-refractivity contribution < 1.29 is 23.8 Å². The van der Waals surface area contributed by atoms with Crippen molar-refractivity contribution in [3.05, 3.63) is 41.5 Å². The fourth-order valence-electron chi connectivity index (χ4n) is 3.72. The fraction of sp³-hybridized carbons (Fsp3) is 0.476. The molecule has 9 nitrogen and oxygen atoms in total. The summed E-state index contributed by atoms with van der Waals surface area (Å²) in [6, 6.07) is 3.87. The van der Waals surface area contributed by atoms with Crippen LogP contribution in [0, 0.1) is 0 Å². The highest BCUT2D eigenvalue weighted by Gasteiger charge is 2.37. The average Bonchev–Trinajstić information content (AvgIpc) is 3.28. The first kappa shape index (κ1) is 22.8. The van der Waals surface area contributed by atoms with Crippen molar-refractivity contribution in [2.45, 2.75) is 24.9 Å². The molecule has 2 amide bonds. The van der Waals surface area contributed by atoms with Gasteiger partial charge in [-0.2, -0.15) is 11.8 Å². The van der Waals surface area contributed by atoms with Crippen LogP contribution in [0.2, 0.25) is 0 Å². The molecule has 31 heavy (non-hydrogen) atoms. The third-order valence-electron chi connectivity index (χ3n) is 5.31. The molecule has 0 fully saturated rings. The number of carbonyl (C=O) groups is 2. The number of fused-ring (bicyclic) bond motifs is 1. The van der Waals surface area contributed by atoms with Gasteiger partial charge in [0.25, 0.3) is 0 Å². The van der Waals surface area contributed by atoms with Gasteiger partial charge in [0.2, 0.25) is 0 Å². The lowest BCUT2D eigenvalue weighted by Crippen LogP contribution is -2.51. The van der Waals surface area contributed by atoms with Gasteiger partial charge in [-0.1, -0.05) is 0 Å². The summed E-state index contributed by atoms with van der Waals surface area (Å²) in [7, 11) is 4.49. The maximum absolute atomic E-state index is 13.4. The topological polar surface area (TPSA) is 106 Å². The molecule has 1 aromatic heterocycles. The van der Waals surface area contributed by atoms with E-state index >= 15 is 0 Å². The molecule has 1 aromatic carbocycles. The molecule has 2 N–H and O–H groups in total. The number of rotatable bonds is 8. The van der Waals surface area contributed by atoms with Gasteiger partial charge in [-0.25, -0.2) is 14.6 Å². The smallest absolute Gasteiger partial charge is 0.328 e. The molecule has 0 aliphatic carbocycles. The van der Waals surface area contributed by atoms with E-state index in [9.17, 15) is 9.59 Å². The van der Waals surface area contributed by atoms with Crippen molar-refractivity contribution in [1.29, 1.82) is 0 Å². The largest absolute Gasteiger partial charge is 0.497 e. The van der Waals surface area contributed by atoms with E-state index in [-0.39, 0.29) is 6.03 Å². The zero-order valence-corrected chi connectivity index (χ0v) is 19.0. The van der Waals surface area contributed by atoms with E-state index in [1.807, 2.05) is 12.3 Å². The Kier molecular flexibility index (Phi) is 7.67. The molecule has 168 valence electrons. The van der Waals surface area contributed by atoms with E-state index in [0.717, 1.165) is 22.7 Å². The molecule has 2 atom stereocenters. The monoisotopic (exact) mass is 448 g/mol. The minimum absolute atomic E-state index is 0.361. The minimum atomic E-state index is -0.724. The maximum Gasteiger partial charge on any atom is 0.328 e. The molecular weight excluding hydrogens is 420 g/mol. The predicted octanol–water partition coefficient (Wildman–Crippen LogP) is 2.38. The third kappa shape index (κ3) is 4.90. The number of nitrogens with zero attached hydrogens (tertiary/aromatic N) is 2. The number of ether oxygens (including phenoxy) is 3. The van der Waals surface area contributed by atoms with Gasteiger partial charge in [0.15, 0.2) is 0 Å². The molecule has 2 unspecified atom stereocenters. The Morgan fingerprint density at radius 3 is 2.81 bits per heavy atom. The van der Waals surface area contributed by atoms with Crippen molar-refractivity contribution in [1.82, 2.24) is 20.2 Å². The van der Waals surface area contributed by atoms with E-state index in [2.05, 4.69) is 15.3 Å². The number of esters is 1. The average molecular weight is 449 g/mol. The molecule has 10 heteroatoms. The Morgan fingerprint density at radius 2 is 2.13 bits per heavy atom. The highest BCUT2D eigenvalue weighted by Crippen LogP contribution is 2.39. The number of methoxy groups -OCH3 is 3. The summed E-state index contributed by atoms with van der Waals surface area (Å²) in [6.07, 6.45) is 4.68. The van der Waals surface area contributed by atoms with E-state index in [0.29, 0.717) is 30.9 Å². The minimum Gasteiger partial charge on any atom is -0.497 e. The second-order valence-corrected chi connectivity index (χ2v) is 8.01. The van der Waals surface area contributed by atoms with Crippen molar-refractivity contribution in [2.75, 3.05) is 39.9 Å². The third-order valence-corrected chi connectivity index (χ3v) is 5.96. The van der Waals surface area contributed by atoms with Crippen molar-refractivity contribution >= 4 is 23.8 Å². The van der Waals surface area contributed by atoms with Gasteiger partial charge in [-0.15, -0.1) is 0 Å². The summed E-state index contributed by atoms with van der Waals surface area (Å²) >= 11 is 1.60. The molecule has 1 aliphatic heterocycles. The van der Waals surface area contributed by atoms with Gasteiger partial charge in [-0.05, 0) is 36.6 Å².